The van der Waals surface area contributed by atoms with Crippen LogP contribution < -0.4 is 0 Å². The Morgan fingerprint density at radius 3 is 2.43 bits per heavy atom. The molecule has 0 spiro atoms. The first-order chi connectivity index (χ1) is 10.2. The third-order valence-electron chi connectivity index (χ3n) is 3.05. The fourth-order valence-corrected chi connectivity index (χ4v) is 1.98. The summed E-state index contributed by atoms with van der Waals surface area (Å²) in [5.41, 5.74) is 2.03. The van der Waals surface area contributed by atoms with Crippen LogP contribution in [0.4, 0.5) is 0 Å². The van der Waals surface area contributed by atoms with Crippen molar-refractivity contribution in [2.75, 3.05) is 0 Å². The number of aromatic nitrogens is 2. The van der Waals surface area contributed by atoms with Crippen LogP contribution in [0.5, 0.6) is 0 Å². The van der Waals surface area contributed by atoms with E-state index < -0.39 is 5.97 Å². The molecule has 1 aromatic heterocycles. The minimum atomic E-state index is -0.961. The van der Waals surface area contributed by atoms with Gasteiger partial charge in [-0.25, -0.2) is 4.79 Å². The van der Waals surface area contributed by atoms with Crippen molar-refractivity contribution < 1.29 is 14.4 Å². The van der Waals surface area contributed by atoms with Crippen LogP contribution >= 0.6 is 0 Å². The minimum Gasteiger partial charge on any atom is -0.478 e. The zero-order valence-electron chi connectivity index (χ0n) is 11.1. The summed E-state index contributed by atoms with van der Waals surface area (Å²) < 4.78 is 5.21. The van der Waals surface area contributed by atoms with Crippen molar-refractivity contribution in [3.8, 4) is 11.5 Å². The normalized spacial score (nSPS) is 10.5. The topological polar surface area (TPSA) is 76.2 Å². The molecule has 0 fully saturated rings. The van der Waals surface area contributed by atoms with Crippen LogP contribution in [0, 0.1) is 0 Å². The molecule has 0 amide bonds. The molecule has 21 heavy (non-hydrogen) atoms. The van der Waals surface area contributed by atoms with E-state index in [-0.39, 0.29) is 5.56 Å². The highest BCUT2D eigenvalue weighted by atomic mass is 16.5. The van der Waals surface area contributed by atoms with Crippen LogP contribution in [0.2, 0.25) is 0 Å². The predicted octanol–water partition coefficient (Wildman–Crippen LogP) is 3.03. The molecule has 1 heterocycles. The highest BCUT2D eigenvalue weighted by molar-refractivity contribution is 5.88. The maximum atomic E-state index is 10.8. The summed E-state index contributed by atoms with van der Waals surface area (Å²) in [7, 11) is 0. The van der Waals surface area contributed by atoms with Gasteiger partial charge in [-0.1, -0.05) is 35.5 Å². The van der Waals surface area contributed by atoms with E-state index in [2.05, 4.69) is 10.1 Å². The Kier molecular flexibility index (Phi) is 3.47. The minimum absolute atomic E-state index is 0.225. The van der Waals surface area contributed by atoms with Gasteiger partial charge in [-0.2, -0.15) is 4.98 Å². The lowest BCUT2D eigenvalue weighted by Crippen LogP contribution is -1.95. The third-order valence-corrected chi connectivity index (χ3v) is 3.05. The molecule has 0 radical (unpaired) electrons. The second-order valence-electron chi connectivity index (χ2n) is 4.56. The van der Waals surface area contributed by atoms with Crippen LogP contribution in [0.15, 0.2) is 59.1 Å². The highest BCUT2D eigenvalue weighted by Crippen LogP contribution is 2.18. The molecule has 5 nitrogen and oxygen atoms in total. The summed E-state index contributed by atoms with van der Waals surface area (Å²) >= 11 is 0. The van der Waals surface area contributed by atoms with E-state index in [9.17, 15) is 4.79 Å². The lowest BCUT2D eigenvalue weighted by Gasteiger charge is -1.96. The Balaban J connectivity index is 1.80. The molecule has 2 aromatic carbocycles. The lowest BCUT2D eigenvalue weighted by atomic mass is 10.1. The molecule has 1 N–H and O–H groups in total. The van der Waals surface area contributed by atoms with E-state index in [1.54, 1.807) is 12.1 Å². The Hall–Kier alpha value is -2.95. The van der Waals surface area contributed by atoms with Crippen LogP contribution in [0.25, 0.3) is 11.5 Å². The summed E-state index contributed by atoms with van der Waals surface area (Å²) in [6, 6.07) is 16.2. The SMILES string of the molecule is O=C(O)c1ccc(-c2nc(Cc3ccccc3)no2)cc1. The van der Waals surface area contributed by atoms with Crippen LogP contribution in [-0.4, -0.2) is 21.2 Å². The molecule has 0 bridgehead atoms. The summed E-state index contributed by atoms with van der Waals surface area (Å²) in [6.07, 6.45) is 0.595. The molecule has 0 saturated carbocycles. The van der Waals surface area contributed by atoms with Crippen molar-refractivity contribution in [1.82, 2.24) is 10.1 Å². The number of carboxylic acids is 1. The summed E-state index contributed by atoms with van der Waals surface area (Å²) in [4.78, 5) is 15.1. The van der Waals surface area contributed by atoms with Crippen molar-refractivity contribution in [1.29, 1.82) is 0 Å². The van der Waals surface area contributed by atoms with E-state index in [0.29, 0.717) is 23.7 Å². The van der Waals surface area contributed by atoms with Gasteiger partial charge < -0.3 is 9.63 Å². The van der Waals surface area contributed by atoms with Crippen LogP contribution in [0.1, 0.15) is 21.7 Å². The molecule has 0 aliphatic heterocycles. The molecule has 0 saturated heterocycles. The van der Waals surface area contributed by atoms with Crippen molar-refractivity contribution in [3.05, 3.63) is 71.5 Å². The third kappa shape index (κ3) is 2.97. The number of carbonyl (C=O) groups is 1. The number of carboxylic acid groups (broad SMARTS) is 1. The Bertz CT molecular complexity index is 749. The number of nitrogens with zero attached hydrogens (tertiary/aromatic N) is 2. The average molecular weight is 280 g/mol. The molecule has 104 valence electrons. The van der Waals surface area contributed by atoms with Crippen molar-refractivity contribution >= 4 is 5.97 Å². The number of rotatable bonds is 4. The fourth-order valence-electron chi connectivity index (χ4n) is 1.98. The predicted molar refractivity (Wildman–Crippen MR) is 75.9 cm³/mol. The van der Waals surface area contributed by atoms with Gasteiger partial charge in [0, 0.05) is 12.0 Å². The number of hydrogen-bond acceptors (Lipinski definition) is 4. The van der Waals surface area contributed by atoms with E-state index in [0.717, 1.165) is 5.56 Å². The van der Waals surface area contributed by atoms with Gasteiger partial charge in [0.15, 0.2) is 5.82 Å². The quantitative estimate of drug-likeness (QED) is 0.795. The van der Waals surface area contributed by atoms with Gasteiger partial charge in [-0.05, 0) is 29.8 Å². The molecule has 3 rings (SSSR count). The fraction of sp³-hybridized carbons (Fsp3) is 0.0625. The average Bonchev–Trinajstić information content (AvgIpc) is 2.97. The van der Waals surface area contributed by atoms with Gasteiger partial charge in [0.1, 0.15) is 0 Å². The first-order valence-corrected chi connectivity index (χ1v) is 6.42. The number of aromatic carboxylic acids is 1. The lowest BCUT2D eigenvalue weighted by molar-refractivity contribution is 0.0697. The molecule has 0 atom stereocenters. The smallest absolute Gasteiger partial charge is 0.335 e. The van der Waals surface area contributed by atoms with Crippen LogP contribution in [0.3, 0.4) is 0 Å². The summed E-state index contributed by atoms with van der Waals surface area (Å²) in [5.74, 6) is 0.0215. The maximum Gasteiger partial charge on any atom is 0.335 e. The van der Waals surface area contributed by atoms with E-state index in [4.69, 9.17) is 9.63 Å². The largest absolute Gasteiger partial charge is 0.478 e. The van der Waals surface area contributed by atoms with Crippen LogP contribution in [-0.2, 0) is 6.42 Å². The van der Waals surface area contributed by atoms with Crippen molar-refractivity contribution in [3.63, 3.8) is 0 Å². The Morgan fingerprint density at radius 2 is 1.76 bits per heavy atom. The van der Waals surface area contributed by atoms with E-state index in [1.165, 1.54) is 12.1 Å². The summed E-state index contributed by atoms with van der Waals surface area (Å²) in [6.45, 7) is 0. The first-order valence-electron chi connectivity index (χ1n) is 6.42. The zero-order chi connectivity index (χ0) is 14.7. The standard InChI is InChI=1S/C16H12N2O3/c19-16(20)13-8-6-12(7-9-13)15-17-14(18-21-15)10-11-4-2-1-3-5-11/h1-9H,10H2,(H,19,20). The summed E-state index contributed by atoms with van der Waals surface area (Å²) in [5, 5.41) is 12.8. The molecule has 0 aliphatic carbocycles. The Morgan fingerprint density at radius 1 is 1.05 bits per heavy atom. The van der Waals surface area contributed by atoms with Gasteiger partial charge in [-0.15, -0.1) is 0 Å². The van der Waals surface area contributed by atoms with E-state index in [1.807, 2.05) is 30.3 Å². The second-order valence-corrected chi connectivity index (χ2v) is 4.56. The van der Waals surface area contributed by atoms with Gasteiger partial charge in [-0.3, -0.25) is 0 Å². The molecule has 3 aromatic rings. The molecule has 0 aliphatic rings. The van der Waals surface area contributed by atoms with Gasteiger partial charge in [0.2, 0.25) is 0 Å². The Labute approximate surface area is 120 Å². The molecular weight excluding hydrogens is 268 g/mol. The van der Waals surface area contributed by atoms with Gasteiger partial charge in [0.05, 0.1) is 5.56 Å². The first kappa shape index (κ1) is 13.1. The highest BCUT2D eigenvalue weighted by Gasteiger charge is 2.10. The molecule has 5 heteroatoms. The monoisotopic (exact) mass is 280 g/mol. The molecule has 0 unspecified atom stereocenters. The molecular formula is C16H12N2O3. The van der Waals surface area contributed by atoms with Crippen molar-refractivity contribution in [2.45, 2.75) is 6.42 Å². The van der Waals surface area contributed by atoms with Gasteiger partial charge in [0.25, 0.3) is 5.89 Å². The maximum absolute atomic E-state index is 10.8. The number of benzene rings is 2. The zero-order valence-corrected chi connectivity index (χ0v) is 11.1. The van der Waals surface area contributed by atoms with E-state index >= 15 is 0 Å². The van der Waals surface area contributed by atoms with Gasteiger partial charge >= 0.3 is 5.97 Å². The van der Waals surface area contributed by atoms with Crippen molar-refractivity contribution in [2.24, 2.45) is 0 Å². The second kappa shape index (κ2) is 5.58. The number of hydrogen-bond donors (Lipinski definition) is 1.